The van der Waals surface area contributed by atoms with Crippen LogP contribution in [0.4, 0.5) is 0 Å². The van der Waals surface area contributed by atoms with Gasteiger partial charge in [0.2, 0.25) is 0 Å². The summed E-state index contributed by atoms with van der Waals surface area (Å²) in [6.07, 6.45) is 5.55. The Labute approximate surface area is 151 Å². The predicted octanol–water partition coefficient (Wildman–Crippen LogP) is 4.19. The zero-order valence-electron chi connectivity index (χ0n) is 14.5. The second-order valence-corrected chi connectivity index (χ2v) is 8.28. The number of aromatic nitrogens is 2. The maximum atomic E-state index is 12.9. The number of thiazole rings is 1. The maximum absolute atomic E-state index is 12.9. The first-order chi connectivity index (χ1) is 12.0. The maximum Gasteiger partial charge on any atom is 0.255 e. The van der Waals surface area contributed by atoms with E-state index in [1.165, 1.54) is 9.88 Å². The molecule has 2 aromatic heterocycles. The van der Waals surface area contributed by atoms with E-state index >= 15 is 0 Å². The van der Waals surface area contributed by atoms with E-state index in [9.17, 15) is 4.79 Å². The monoisotopic (exact) mass is 351 g/mol. The lowest BCUT2D eigenvalue weighted by atomic mass is 9.81. The molecule has 0 bridgehead atoms. The Morgan fingerprint density at radius 3 is 2.64 bits per heavy atom. The number of pyridine rings is 1. The van der Waals surface area contributed by atoms with Crippen LogP contribution in [0.25, 0.3) is 10.9 Å². The van der Waals surface area contributed by atoms with Gasteiger partial charge in [-0.15, -0.1) is 11.3 Å². The topological polar surface area (TPSA) is 46.1 Å². The highest BCUT2D eigenvalue weighted by Gasteiger charge is 2.35. The van der Waals surface area contributed by atoms with Crippen LogP contribution in [-0.2, 0) is 5.41 Å². The van der Waals surface area contributed by atoms with Gasteiger partial charge >= 0.3 is 0 Å². The first-order valence-electron chi connectivity index (χ1n) is 8.62. The lowest BCUT2D eigenvalue weighted by Crippen LogP contribution is -2.43. The number of carbonyl (C=O) groups excluding carboxylic acids is 1. The fraction of sp³-hybridized carbons (Fsp3) is 0.350. The zero-order valence-corrected chi connectivity index (χ0v) is 15.3. The minimum absolute atomic E-state index is 0.0793. The molecule has 1 aliphatic heterocycles. The summed E-state index contributed by atoms with van der Waals surface area (Å²) in [5.41, 5.74) is 1.67. The average molecular weight is 351 g/mol. The number of hydrogen-bond donors (Lipinski definition) is 0. The number of nitrogens with zero attached hydrogens (tertiary/aromatic N) is 3. The van der Waals surface area contributed by atoms with Crippen LogP contribution in [0.15, 0.2) is 42.7 Å². The summed E-state index contributed by atoms with van der Waals surface area (Å²) in [6.45, 7) is 5.89. The van der Waals surface area contributed by atoms with Crippen molar-refractivity contribution in [3.05, 3.63) is 58.2 Å². The number of hydrogen-bond acceptors (Lipinski definition) is 4. The van der Waals surface area contributed by atoms with Crippen LogP contribution in [0.3, 0.4) is 0 Å². The van der Waals surface area contributed by atoms with E-state index in [1.807, 2.05) is 41.4 Å². The van der Waals surface area contributed by atoms with E-state index in [-0.39, 0.29) is 11.3 Å². The molecular weight excluding hydrogens is 330 g/mol. The van der Waals surface area contributed by atoms with Crippen LogP contribution in [0.1, 0.15) is 40.0 Å². The smallest absolute Gasteiger partial charge is 0.255 e. The second-order valence-electron chi connectivity index (χ2n) is 7.05. The molecule has 4 nitrogen and oxygen atoms in total. The molecule has 0 spiro atoms. The van der Waals surface area contributed by atoms with E-state index in [0.717, 1.165) is 36.8 Å². The normalized spacial score (nSPS) is 17.0. The fourth-order valence-corrected chi connectivity index (χ4v) is 4.39. The van der Waals surface area contributed by atoms with Crippen LogP contribution in [-0.4, -0.2) is 33.9 Å². The van der Waals surface area contributed by atoms with Crippen molar-refractivity contribution in [2.75, 3.05) is 13.1 Å². The van der Waals surface area contributed by atoms with Crippen molar-refractivity contribution in [1.82, 2.24) is 14.9 Å². The Bertz CT molecular complexity index is 925. The summed E-state index contributed by atoms with van der Waals surface area (Å²) in [4.78, 5) is 25.1. The number of fused-ring (bicyclic) bond motifs is 1. The number of aryl methyl sites for hydroxylation is 1. The molecule has 0 radical (unpaired) electrons. The van der Waals surface area contributed by atoms with Gasteiger partial charge in [-0.3, -0.25) is 9.78 Å². The Hall–Kier alpha value is -2.27. The highest BCUT2D eigenvalue weighted by Crippen LogP contribution is 2.37. The van der Waals surface area contributed by atoms with Crippen LogP contribution < -0.4 is 0 Å². The third kappa shape index (κ3) is 3.04. The van der Waals surface area contributed by atoms with Gasteiger partial charge in [0.15, 0.2) is 0 Å². The zero-order chi connectivity index (χ0) is 17.4. The highest BCUT2D eigenvalue weighted by molar-refractivity contribution is 7.11. The van der Waals surface area contributed by atoms with E-state index in [1.54, 1.807) is 17.5 Å². The fourth-order valence-electron chi connectivity index (χ4n) is 3.42. The molecule has 1 aromatic carbocycles. The van der Waals surface area contributed by atoms with E-state index in [2.05, 4.69) is 23.8 Å². The number of rotatable bonds is 2. The average Bonchev–Trinajstić information content (AvgIpc) is 3.09. The summed E-state index contributed by atoms with van der Waals surface area (Å²) >= 11 is 1.78. The van der Waals surface area contributed by atoms with Crippen molar-refractivity contribution in [2.24, 2.45) is 0 Å². The minimum atomic E-state index is 0.0793. The molecule has 0 N–H and O–H groups in total. The molecule has 3 heterocycles. The van der Waals surface area contributed by atoms with Crippen LogP contribution in [0.2, 0.25) is 0 Å². The number of likely N-dealkylation sites (tertiary alicyclic amines) is 1. The SMILES string of the molecule is Cc1cnc(C2(C)CCN(C(=O)c3cnc4ccccc4c3)CC2)s1. The molecule has 128 valence electrons. The quantitative estimate of drug-likeness (QED) is 0.695. The number of piperidine rings is 1. The number of amides is 1. The molecule has 0 atom stereocenters. The van der Waals surface area contributed by atoms with Crippen LogP contribution >= 0.6 is 11.3 Å². The molecule has 3 aromatic rings. The Kier molecular flexibility index (Phi) is 4.04. The van der Waals surface area contributed by atoms with E-state index in [4.69, 9.17) is 0 Å². The molecule has 1 amide bonds. The van der Waals surface area contributed by atoms with E-state index in [0.29, 0.717) is 5.56 Å². The van der Waals surface area contributed by atoms with Gasteiger partial charge < -0.3 is 4.90 Å². The van der Waals surface area contributed by atoms with Crippen molar-refractivity contribution in [3.8, 4) is 0 Å². The summed E-state index contributed by atoms with van der Waals surface area (Å²) in [5.74, 6) is 0.0793. The summed E-state index contributed by atoms with van der Waals surface area (Å²) < 4.78 is 0. The largest absolute Gasteiger partial charge is 0.339 e. The van der Waals surface area contributed by atoms with Crippen LogP contribution in [0, 0.1) is 6.92 Å². The standard InChI is InChI=1S/C20H21N3OS/c1-14-12-22-19(25-14)20(2)7-9-23(10-8-20)18(24)16-11-15-5-3-4-6-17(15)21-13-16/h3-6,11-13H,7-10H2,1-2H3. The van der Waals surface area contributed by atoms with Crippen molar-refractivity contribution in [3.63, 3.8) is 0 Å². The van der Waals surface area contributed by atoms with Gasteiger partial charge in [-0.2, -0.15) is 0 Å². The Morgan fingerprint density at radius 2 is 1.92 bits per heavy atom. The minimum Gasteiger partial charge on any atom is -0.339 e. The van der Waals surface area contributed by atoms with Gasteiger partial charge in [-0.25, -0.2) is 4.98 Å². The van der Waals surface area contributed by atoms with Gasteiger partial charge in [0.05, 0.1) is 16.1 Å². The second kappa shape index (κ2) is 6.23. The van der Waals surface area contributed by atoms with E-state index < -0.39 is 0 Å². The molecule has 5 heteroatoms. The Morgan fingerprint density at radius 1 is 1.16 bits per heavy atom. The lowest BCUT2D eigenvalue weighted by Gasteiger charge is -2.38. The first kappa shape index (κ1) is 16.2. The molecule has 1 saturated heterocycles. The molecule has 4 rings (SSSR count). The Balaban J connectivity index is 1.50. The van der Waals surface area contributed by atoms with Crippen molar-refractivity contribution < 1.29 is 4.79 Å². The molecule has 0 aliphatic carbocycles. The van der Waals surface area contributed by atoms with Gasteiger partial charge in [0, 0.05) is 41.2 Å². The van der Waals surface area contributed by atoms with Crippen LogP contribution in [0.5, 0.6) is 0 Å². The first-order valence-corrected chi connectivity index (χ1v) is 9.44. The van der Waals surface area contributed by atoms with Crippen molar-refractivity contribution in [1.29, 1.82) is 0 Å². The molecule has 0 saturated carbocycles. The predicted molar refractivity (Wildman–Crippen MR) is 101 cm³/mol. The van der Waals surface area contributed by atoms with Crippen molar-refractivity contribution >= 4 is 28.1 Å². The molecule has 1 aliphatic rings. The molecule has 25 heavy (non-hydrogen) atoms. The number of carbonyl (C=O) groups is 1. The number of para-hydroxylation sites is 1. The lowest BCUT2D eigenvalue weighted by molar-refractivity contribution is 0.0675. The highest BCUT2D eigenvalue weighted by atomic mass is 32.1. The molecular formula is C20H21N3OS. The molecule has 0 unspecified atom stereocenters. The summed E-state index contributed by atoms with van der Waals surface area (Å²) in [6, 6.07) is 9.84. The number of benzene rings is 1. The van der Waals surface area contributed by atoms with Crippen molar-refractivity contribution in [2.45, 2.75) is 32.1 Å². The van der Waals surface area contributed by atoms with Gasteiger partial charge in [0.1, 0.15) is 0 Å². The third-order valence-corrected chi connectivity index (χ3v) is 6.35. The summed E-state index contributed by atoms with van der Waals surface area (Å²) in [5, 5.41) is 2.21. The van der Waals surface area contributed by atoms with Gasteiger partial charge in [-0.1, -0.05) is 25.1 Å². The van der Waals surface area contributed by atoms with Gasteiger partial charge in [0.25, 0.3) is 5.91 Å². The summed E-state index contributed by atoms with van der Waals surface area (Å²) in [7, 11) is 0. The van der Waals surface area contributed by atoms with Gasteiger partial charge in [-0.05, 0) is 31.9 Å². The third-order valence-electron chi connectivity index (χ3n) is 5.13. The molecule has 1 fully saturated rings.